The van der Waals surface area contributed by atoms with E-state index in [0.29, 0.717) is 12.1 Å². The molecule has 0 unspecified atom stereocenters. The average molecular weight is 267 g/mol. The van der Waals surface area contributed by atoms with Crippen LogP contribution in [0.25, 0.3) is 6.08 Å². The summed E-state index contributed by atoms with van der Waals surface area (Å²) in [6.45, 7) is 0.560. The van der Waals surface area contributed by atoms with E-state index >= 15 is 0 Å². The van der Waals surface area contributed by atoms with E-state index in [1.165, 1.54) is 6.08 Å². The average Bonchev–Trinajstić information content (AvgIpc) is 2.47. The van der Waals surface area contributed by atoms with E-state index in [1.54, 1.807) is 36.2 Å². The highest BCUT2D eigenvalue weighted by Gasteiger charge is 2.05. The van der Waals surface area contributed by atoms with Gasteiger partial charge in [-0.25, -0.2) is 0 Å². The van der Waals surface area contributed by atoms with Crippen LogP contribution in [0.1, 0.15) is 11.1 Å². The first kappa shape index (κ1) is 13.9. The minimum absolute atomic E-state index is 0.0999. The fraction of sp³-hybridized carbons (Fsp3) is 0.118. The van der Waals surface area contributed by atoms with Crippen molar-refractivity contribution in [2.75, 3.05) is 7.05 Å². The van der Waals surface area contributed by atoms with E-state index in [9.17, 15) is 9.90 Å². The first-order valence-electron chi connectivity index (χ1n) is 6.42. The molecule has 0 aliphatic carbocycles. The number of hydrogen-bond donors (Lipinski definition) is 1. The second-order valence-corrected chi connectivity index (χ2v) is 4.57. The highest BCUT2D eigenvalue weighted by molar-refractivity contribution is 5.91. The lowest BCUT2D eigenvalue weighted by Gasteiger charge is -2.15. The van der Waals surface area contributed by atoms with Crippen molar-refractivity contribution in [3.8, 4) is 5.75 Å². The Morgan fingerprint density at radius 2 is 1.75 bits per heavy atom. The monoisotopic (exact) mass is 267 g/mol. The molecule has 2 aromatic carbocycles. The summed E-state index contributed by atoms with van der Waals surface area (Å²) in [5.41, 5.74) is 1.72. The molecule has 3 nitrogen and oxygen atoms in total. The van der Waals surface area contributed by atoms with Gasteiger partial charge in [-0.15, -0.1) is 0 Å². The van der Waals surface area contributed by atoms with Crippen molar-refractivity contribution in [1.82, 2.24) is 4.90 Å². The summed E-state index contributed by atoms with van der Waals surface area (Å²) in [6, 6.07) is 16.7. The van der Waals surface area contributed by atoms with Gasteiger partial charge >= 0.3 is 0 Å². The highest BCUT2D eigenvalue weighted by atomic mass is 16.3. The Hall–Kier alpha value is -2.55. The summed E-state index contributed by atoms with van der Waals surface area (Å²) in [6.07, 6.45) is 3.09. The second-order valence-electron chi connectivity index (χ2n) is 4.57. The molecule has 2 rings (SSSR count). The van der Waals surface area contributed by atoms with Crippen molar-refractivity contribution < 1.29 is 9.90 Å². The van der Waals surface area contributed by atoms with Crippen molar-refractivity contribution in [3.05, 3.63) is 71.8 Å². The molecule has 0 atom stereocenters. The summed E-state index contributed by atoms with van der Waals surface area (Å²) in [5, 5.41) is 9.62. The van der Waals surface area contributed by atoms with Crippen LogP contribution in [-0.2, 0) is 11.3 Å². The third-order valence-corrected chi connectivity index (χ3v) is 2.98. The van der Waals surface area contributed by atoms with Gasteiger partial charge in [-0.05, 0) is 17.7 Å². The Labute approximate surface area is 118 Å². The van der Waals surface area contributed by atoms with Gasteiger partial charge in [0, 0.05) is 25.2 Å². The van der Waals surface area contributed by atoms with Crippen LogP contribution in [-0.4, -0.2) is 23.0 Å². The van der Waals surface area contributed by atoms with Crippen LogP contribution in [0, 0.1) is 0 Å². The minimum atomic E-state index is -0.0999. The molecule has 0 bridgehead atoms. The van der Waals surface area contributed by atoms with Gasteiger partial charge in [-0.2, -0.15) is 0 Å². The van der Waals surface area contributed by atoms with Crippen LogP contribution in [0.3, 0.4) is 0 Å². The molecule has 0 fully saturated rings. The smallest absolute Gasteiger partial charge is 0.246 e. The summed E-state index contributed by atoms with van der Waals surface area (Å²) in [5.74, 6) is 0.0689. The van der Waals surface area contributed by atoms with Crippen LogP contribution < -0.4 is 0 Å². The quantitative estimate of drug-likeness (QED) is 0.865. The van der Waals surface area contributed by atoms with Gasteiger partial charge in [0.1, 0.15) is 5.75 Å². The zero-order chi connectivity index (χ0) is 14.4. The molecule has 20 heavy (non-hydrogen) atoms. The lowest BCUT2D eigenvalue weighted by Crippen LogP contribution is -2.23. The normalized spacial score (nSPS) is 10.7. The summed E-state index contributed by atoms with van der Waals surface area (Å²) in [4.78, 5) is 13.6. The van der Waals surface area contributed by atoms with Crippen molar-refractivity contribution >= 4 is 12.0 Å². The predicted octanol–water partition coefficient (Wildman–Crippen LogP) is 3.06. The third kappa shape index (κ3) is 3.72. The van der Waals surface area contributed by atoms with Crippen molar-refractivity contribution in [1.29, 1.82) is 0 Å². The van der Waals surface area contributed by atoms with Gasteiger partial charge in [0.2, 0.25) is 5.91 Å². The zero-order valence-corrected chi connectivity index (χ0v) is 11.4. The lowest BCUT2D eigenvalue weighted by atomic mass is 10.2. The molecule has 1 N–H and O–H groups in total. The fourth-order valence-corrected chi connectivity index (χ4v) is 1.85. The number of hydrogen-bond acceptors (Lipinski definition) is 2. The van der Waals surface area contributed by atoms with Gasteiger partial charge in [-0.1, -0.05) is 48.5 Å². The molecule has 0 aromatic heterocycles. The molecule has 0 saturated carbocycles. The number of carbonyl (C=O) groups excluding carboxylic acids is 1. The third-order valence-electron chi connectivity index (χ3n) is 2.98. The maximum atomic E-state index is 12.0. The largest absolute Gasteiger partial charge is 0.507 e. The number of amides is 1. The summed E-state index contributed by atoms with van der Waals surface area (Å²) < 4.78 is 0. The van der Waals surface area contributed by atoms with E-state index < -0.39 is 0 Å². The number of nitrogens with zero attached hydrogens (tertiary/aromatic N) is 1. The maximum absolute atomic E-state index is 12.0. The summed E-state index contributed by atoms with van der Waals surface area (Å²) >= 11 is 0. The number of phenolic OH excluding ortho intramolecular Hbond substituents is 1. The number of phenols is 1. The van der Waals surface area contributed by atoms with E-state index in [2.05, 4.69) is 0 Å². The standard InChI is InChI=1S/C17H17NO2/c1-18(13-14-7-3-2-4-8-14)17(20)12-11-15-9-5-6-10-16(15)19/h2-12,19H,13H2,1H3/b12-11+. The molecule has 3 heteroatoms. The molecule has 0 aliphatic rings. The van der Waals surface area contributed by atoms with Gasteiger partial charge in [0.25, 0.3) is 0 Å². The Morgan fingerprint density at radius 3 is 2.45 bits per heavy atom. The highest BCUT2D eigenvalue weighted by Crippen LogP contribution is 2.17. The zero-order valence-electron chi connectivity index (χ0n) is 11.4. The molecular weight excluding hydrogens is 250 g/mol. The van der Waals surface area contributed by atoms with Gasteiger partial charge in [0.15, 0.2) is 0 Å². The number of carbonyl (C=O) groups is 1. The van der Waals surface area contributed by atoms with Crippen LogP contribution >= 0.6 is 0 Å². The van der Waals surface area contributed by atoms with E-state index in [0.717, 1.165) is 5.56 Å². The van der Waals surface area contributed by atoms with Crippen molar-refractivity contribution in [3.63, 3.8) is 0 Å². The number of rotatable bonds is 4. The molecule has 0 heterocycles. The first-order valence-corrected chi connectivity index (χ1v) is 6.42. The Morgan fingerprint density at radius 1 is 1.10 bits per heavy atom. The van der Waals surface area contributed by atoms with Gasteiger partial charge < -0.3 is 10.0 Å². The number of para-hydroxylation sites is 1. The molecule has 0 aliphatic heterocycles. The number of benzene rings is 2. The maximum Gasteiger partial charge on any atom is 0.246 e. The fourth-order valence-electron chi connectivity index (χ4n) is 1.85. The minimum Gasteiger partial charge on any atom is -0.507 e. The predicted molar refractivity (Wildman–Crippen MR) is 80.1 cm³/mol. The molecule has 1 amide bonds. The molecular formula is C17H17NO2. The summed E-state index contributed by atoms with van der Waals surface area (Å²) in [7, 11) is 1.75. The van der Waals surface area contributed by atoms with Crippen molar-refractivity contribution in [2.45, 2.75) is 6.54 Å². The Balaban J connectivity index is 1.99. The van der Waals surface area contributed by atoms with E-state index in [-0.39, 0.29) is 11.7 Å². The second kappa shape index (κ2) is 6.57. The van der Waals surface area contributed by atoms with Crippen LogP contribution in [0.15, 0.2) is 60.7 Å². The van der Waals surface area contributed by atoms with E-state index in [1.807, 2.05) is 36.4 Å². The molecule has 0 spiro atoms. The Bertz CT molecular complexity index is 605. The molecule has 102 valence electrons. The van der Waals surface area contributed by atoms with Crippen LogP contribution in [0.5, 0.6) is 5.75 Å². The van der Waals surface area contributed by atoms with Crippen LogP contribution in [0.2, 0.25) is 0 Å². The molecule has 0 radical (unpaired) electrons. The number of likely N-dealkylation sites (N-methyl/N-ethyl adjacent to an activating group) is 1. The van der Waals surface area contributed by atoms with Crippen LogP contribution in [0.4, 0.5) is 0 Å². The molecule has 0 saturated heterocycles. The van der Waals surface area contributed by atoms with Crippen molar-refractivity contribution in [2.24, 2.45) is 0 Å². The lowest BCUT2D eigenvalue weighted by molar-refractivity contribution is -0.125. The SMILES string of the molecule is CN(Cc1ccccc1)C(=O)/C=C/c1ccccc1O. The van der Waals surface area contributed by atoms with Gasteiger partial charge in [-0.3, -0.25) is 4.79 Å². The Kier molecular flexibility index (Phi) is 4.56. The van der Waals surface area contributed by atoms with Gasteiger partial charge in [0.05, 0.1) is 0 Å². The van der Waals surface area contributed by atoms with E-state index in [4.69, 9.17) is 0 Å². The first-order chi connectivity index (χ1) is 9.66. The molecule has 2 aromatic rings. The topological polar surface area (TPSA) is 40.5 Å². The number of aromatic hydroxyl groups is 1.